The summed E-state index contributed by atoms with van der Waals surface area (Å²) in [5.74, 6) is 2.15. The van der Waals surface area contributed by atoms with E-state index in [9.17, 15) is 8.42 Å². The molecule has 3 heterocycles. The molecule has 1 fully saturated rings. The minimum Gasteiger partial charge on any atom is -0.487 e. The molecule has 0 radical (unpaired) electrons. The Morgan fingerprint density at radius 2 is 1.73 bits per heavy atom. The molecule has 0 aliphatic carbocycles. The number of sulfone groups is 1. The van der Waals surface area contributed by atoms with Gasteiger partial charge in [0, 0.05) is 12.3 Å². The summed E-state index contributed by atoms with van der Waals surface area (Å²) in [5.41, 5.74) is 2.13. The number of benzene rings is 1. The summed E-state index contributed by atoms with van der Waals surface area (Å²) in [6.45, 7) is 9.27. The molecular weight excluding hydrogens is 510 g/mol. The van der Waals surface area contributed by atoms with Crippen LogP contribution >= 0.6 is 11.6 Å². The largest absolute Gasteiger partial charge is 0.487 e. The molecule has 1 aliphatic heterocycles. The van der Waals surface area contributed by atoms with E-state index in [1.165, 1.54) is 6.20 Å². The van der Waals surface area contributed by atoms with Gasteiger partial charge in [0.2, 0.25) is 0 Å². The molecule has 0 bridgehead atoms. The van der Waals surface area contributed by atoms with Gasteiger partial charge in [0.1, 0.15) is 5.82 Å². The number of pyridine rings is 2. The third-order valence-corrected chi connectivity index (χ3v) is 8.74. The summed E-state index contributed by atoms with van der Waals surface area (Å²) in [6, 6.07) is 10.6. The molecule has 198 valence electrons. The Bertz CT molecular complexity index is 1340. The van der Waals surface area contributed by atoms with Crippen LogP contribution in [0.4, 0.5) is 23.0 Å². The first-order valence-electron chi connectivity index (χ1n) is 12.5. The number of aromatic nitrogens is 2. The first kappa shape index (κ1) is 27.2. The van der Waals surface area contributed by atoms with E-state index in [1.54, 1.807) is 44.2 Å². The van der Waals surface area contributed by atoms with E-state index >= 15 is 0 Å². The molecule has 1 saturated heterocycles. The van der Waals surface area contributed by atoms with Crippen molar-refractivity contribution < 1.29 is 13.2 Å². The second-order valence-corrected chi connectivity index (χ2v) is 12.6. The number of anilines is 4. The van der Waals surface area contributed by atoms with Gasteiger partial charge in [-0.1, -0.05) is 23.7 Å². The number of ether oxygens (including phenoxy) is 1. The third kappa shape index (κ3) is 6.52. The predicted octanol–water partition coefficient (Wildman–Crippen LogP) is 6.05. The van der Waals surface area contributed by atoms with Gasteiger partial charge in [-0.15, -0.1) is 0 Å². The molecule has 3 aromatic rings. The molecular formula is C27H34ClN5O3S. The number of hydrogen-bond donors (Lipinski definition) is 3. The number of halogens is 1. The fraction of sp³-hybridized carbons (Fsp3) is 0.407. The first-order chi connectivity index (χ1) is 17.6. The number of piperidine rings is 1. The van der Waals surface area contributed by atoms with Crippen LogP contribution < -0.4 is 20.7 Å². The van der Waals surface area contributed by atoms with Crippen molar-refractivity contribution in [1.82, 2.24) is 15.3 Å². The maximum absolute atomic E-state index is 12.9. The minimum atomic E-state index is -3.50. The van der Waals surface area contributed by atoms with Crippen molar-refractivity contribution in [2.75, 3.05) is 23.7 Å². The first-order valence-corrected chi connectivity index (χ1v) is 14.5. The number of para-hydroxylation sites is 1. The normalized spacial score (nSPS) is 14.7. The van der Waals surface area contributed by atoms with Crippen LogP contribution in [0, 0.1) is 0 Å². The lowest BCUT2D eigenvalue weighted by Crippen LogP contribution is -2.26. The fourth-order valence-corrected chi connectivity index (χ4v) is 5.57. The second kappa shape index (κ2) is 11.7. The van der Waals surface area contributed by atoms with Crippen molar-refractivity contribution in [3.05, 3.63) is 59.4 Å². The van der Waals surface area contributed by atoms with Crippen LogP contribution in [0.15, 0.2) is 53.7 Å². The van der Waals surface area contributed by atoms with Crippen LogP contribution in [-0.4, -0.2) is 42.8 Å². The quantitative estimate of drug-likeness (QED) is 0.299. The van der Waals surface area contributed by atoms with Gasteiger partial charge in [0.15, 0.2) is 21.4 Å². The van der Waals surface area contributed by atoms with Crippen molar-refractivity contribution in [2.24, 2.45) is 0 Å². The summed E-state index contributed by atoms with van der Waals surface area (Å²) in [5, 5.41) is 9.62. The molecule has 0 unspecified atom stereocenters. The summed E-state index contributed by atoms with van der Waals surface area (Å²) >= 11 is 6.44. The van der Waals surface area contributed by atoms with E-state index in [1.807, 2.05) is 20.0 Å². The molecule has 0 saturated carbocycles. The molecule has 2 aromatic heterocycles. The molecule has 10 heteroatoms. The zero-order valence-electron chi connectivity index (χ0n) is 21.6. The van der Waals surface area contributed by atoms with E-state index in [2.05, 4.69) is 32.0 Å². The number of hydrogen-bond acceptors (Lipinski definition) is 8. The maximum Gasteiger partial charge on any atom is 0.182 e. The molecule has 1 aliphatic rings. The molecule has 1 aromatic carbocycles. The molecule has 3 N–H and O–H groups in total. The highest BCUT2D eigenvalue weighted by Gasteiger charge is 2.23. The molecule has 0 atom stereocenters. The topological polar surface area (TPSA) is 105 Å². The smallest absolute Gasteiger partial charge is 0.182 e. The van der Waals surface area contributed by atoms with Crippen molar-refractivity contribution >= 4 is 44.4 Å². The van der Waals surface area contributed by atoms with Gasteiger partial charge in [0.25, 0.3) is 0 Å². The minimum absolute atomic E-state index is 0.0274. The predicted molar refractivity (Wildman–Crippen MR) is 149 cm³/mol. The van der Waals surface area contributed by atoms with Gasteiger partial charge in [0.05, 0.1) is 38.8 Å². The molecule has 0 amide bonds. The summed E-state index contributed by atoms with van der Waals surface area (Å²) in [6.07, 6.45) is 5.51. The Morgan fingerprint density at radius 3 is 2.43 bits per heavy atom. The van der Waals surface area contributed by atoms with Crippen molar-refractivity contribution in [3.8, 4) is 5.75 Å². The van der Waals surface area contributed by atoms with E-state index in [4.69, 9.17) is 16.3 Å². The summed E-state index contributed by atoms with van der Waals surface area (Å²) in [4.78, 5) is 9.30. The lowest BCUT2D eigenvalue weighted by Gasteiger charge is -2.24. The lowest BCUT2D eigenvalue weighted by atomic mass is 9.91. The van der Waals surface area contributed by atoms with Crippen LogP contribution in [0.25, 0.3) is 0 Å². The van der Waals surface area contributed by atoms with Gasteiger partial charge < -0.3 is 20.7 Å². The molecule has 0 spiro atoms. The maximum atomic E-state index is 12.9. The SMILES string of the molecule is CC(C)Oc1cc(C2CCNCC2)cnc1Nc1cc(Nc2ccccc2S(=O)(=O)C(C)C)c(Cl)cn1. The fourth-order valence-electron chi connectivity index (χ4n) is 4.22. The lowest BCUT2D eigenvalue weighted by molar-refractivity contribution is 0.242. The van der Waals surface area contributed by atoms with Crippen LogP contribution in [0.2, 0.25) is 5.02 Å². The summed E-state index contributed by atoms with van der Waals surface area (Å²) < 4.78 is 31.9. The highest BCUT2D eigenvalue weighted by Crippen LogP contribution is 2.35. The monoisotopic (exact) mass is 543 g/mol. The molecule has 37 heavy (non-hydrogen) atoms. The Balaban J connectivity index is 1.62. The van der Waals surface area contributed by atoms with Crippen LogP contribution in [-0.2, 0) is 9.84 Å². The number of rotatable bonds is 9. The Kier molecular flexibility index (Phi) is 8.56. The van der Waals surface area contributed by atoms with Gasteiger partial charge in [-0.25, -0.2) is 18.4 Å². The summed E-state index contributed by atoms with van der Waals surface area (Å²) in [7, 11) is -3.50. The zero-order chi connectivity index (χ0) is 26.6. The van der Waals surface area contributed by atoms with E-state index < -0.39 is 15.1 Å². The van der Waals surface area contributed by atoms with Crippen LogP contribution in [0.5, 0.6) is 5.75 Å². The van der Waals surface area contributed by atoms with E-state index in [-0.39, 0.29) is 11.0 Å². The Morgan fingerprint density at radius 1 is 1.00 bits per heavy atom. The van der Waals surface area contributed by atoms with Gasteiger partial charge in [-0.3, -0.25) is 0 Å². The van der Waals surface area contributed by atoms with Gasteiger partial charge >= 0.3 is 0 Å². The van der Waals surface area contributed by atoms with Crippen molar-refractivity contribution in [3.63, 3.8) is 0 Å². The van der Waals surface area contributed by atoms with Gasteiger partial charge in [-0.05, 0) is 83.3 Å². The highest BCUT2D eigenvalue weighted by atomic mass is 35.5. The number of nitrogens with zero attached hydrogens (tertiary/aromatic N) is 2. The van der Waals surface area contributed by atoms with E-state index in [0.717, 1.165) is 31.5 Å². The van der Waals surface area contributed by atoms with E-state index in [0.29, 0.717) is 39.7 Å². The Hall–Kier alpha value is -2.88. The molecule has 8 nitrogen and oxygen atoms in total. The zero-order valence-corrected chi connectivity index (χ0v) is 23.2. The van der Waals surface area contributed by atoms with Crippen molar-refractivity contribution in [2.45, 2.75) is 62.7 Å². The van der Waals surface area contributed by atoms with Gasteiger partial charge in [-0.2, -0.15) is 0 Å². The third-order valence-electron chi connectivity index (χ3n) is 6.23. The van der Waals surface area contributed by atoms with Crippen molar-refractivity contribution in [1.29, 1.82) is 0 Å². The molecule has 4 rings (SSSR count). The Labute approximate surface area is 224 Å². The standard InChI is InChI=1S/C27H34ClN5O3S/c1-17(2)36-24-13-20(19-9-11-29-12-10-19)15-31-27(24)33-26-14-23(21(28)16-30-26)32-22-7-5-6-8-25(22)37(34,35)18(3)4/h5-8,13-19,29H,9-12H2,1-4H3,(H2,30,31,32,33). The number of nitrogens with one attached hydrogen (secondary N) is 3. The second-order valence-electron chi connectivity index (χ2n) is 9.70. The average Bonchev–Trinajstić information content (AvgIpc) is 2.87. The average molecular weight is 544 g/mol. The van der Waals surface area contributed by atoms with Crippen LogP contribution in [0.3, 0.4) is 0 Å². The van der Waals surface area contributed by atoms with Crippen LogP contribution in [0.1, 0.15) is 52.0 Å². The highest BCUT2D eigenvalue weighted by molar-refractivity contribution is 7.92.